The zero-order chi connectivity index (χ0) is 13.7. The lowest BCUT2D eigenvalue weighted by molar-refractivity contribution is -0.115. The minimum atomic E-state index is -0.163. The van der Waals surface area contributed by atoms with Gasteiger partial charge in [0.05, 0.1) is 5.25 Å². The number of nitrogens with two attached hydrogens (primary N) is 1. The summed E-state index contributed by atoms with van der Waals surface area (Å²) in [5.74, 6) is -0.0283. The molecule has 2 rings (SSSR count). The largest absolute Gasteiger partial charge is 0.399 e. The van der Waals surface area contributed by atoms with Crippen LogP contribution in [-0.2, 0) is 4.79 Å². The van der Waals surface area contributed by atoms with Crippen LogP contribution in [0, 0.1) is 0 Å². The molecule has 0 aliphatic carbocycles. The maximum Gasteiger partial charge on any atom is 0.237 e. The molecule has 2 aromatic rings. The normalized spacial score (nSPS) is 11.8. The zero-order valence-electron chi connectivity index (χ0n) is 10.7. The number of thioether (sulfide) groups is 1. The highest BCUT2D eigenvalue weighted by Crippen LogP contribution is 2.23. The Morgan fingerprint density at radius 3 is 2.58 bits per heavy atom. The fourth-order valence-corrected chi connectivity index (χ4v) is 2.51. The van der Waals surface area contributed by atoms with Crippen molar-refractivity contribution in [3.05, 3.63) is 54.6 Å². The van der Waals surface area contributed by atoms with Gasteiger partial charge in [-0.25, -0.2) is 0 Å². The second-order valence-corrected chi connectivity index (χ2v) is 5.60. The Kier molecular flexibility index (Phi) is 4.47. The van der Waals surface area contributed by atoms with Crippen molar-refractivity contribution in [3.8, 4) is 0 Å². The standard InChI is InChI=1S/C15H16N2OS/c1-11(19-14-8-3-2-4-9-14)15(18)17-13-7-5-6-12(16)10-13/h2-11H,16H2,1H3,(H,17,18). The topological polar surface area (TPSA) is 55.1 Å². The molecular weight excluding hydrogens is 256 g/mol. The average molecular weight is 272 g/mol. The van der Waals surface area contributed by atoms with E-state index in [4.69, 9.17) is 5.73 Å². The van der Waals surface area contributed by atoms with Crippen molar-refractivity contribution in [2.45, 2.75) is 17.1 Å². The Bertz CT molecular complexity index is 557. The van der Waals surface area contributed by atoms with Gasteiger partial charge < -0.3 is 11.1 Å². The summed E-state index contributed by atoms with van der Waals surface area (Å²) in [6.07, 6.45) is 0. The average Bonchev–Trinajstić information content (AvgIpc) is 2.40. The molecule has 0 aromatic heterocycles. The first-order valence-corrected chi connectivity index (χ1v) is 6.91. The van der Waals surface area contributed by atoms with Gasteiger partial charge in [0.1, 0.15) is 0 Å². The van der Waals surface area contributed by atoms with Gasteiger partial charge >= 0.3 is 0 Å². The van der Waals surface area contributed by atoms with Crippen LogP contribution in [-0.4, -0.2) is 11.2 Å². The number of carbonyl (C=O) groups is 1. The maximum absolute atomic E-state index is 12.1. The van der Waals surface area contributed by atoms with Gasteiger partial charge in [0.15, 0.2) is 0 Å². The molecule has 1 amide bonds. The highest BCUT2D eigenvalue weighted by molar-refractivity contribution is 8.00. The molecule has 3 nitrogen and oxygen atoms in total. The SMILES string of the molecule is CC(Sc1ccccc1)C(=O)Nc1cccc(N)c1. The van der Waals surface area contributed by atoms with E-state index in [9.17, 15) is 4.79 Å². The van der Waals surface area contributed by atoms with Crippen molar-refractivity contribution in [2.75, 3.05) is 11.1 Å². The minimum absolute atomic E-state index is 0.0283. The summed E-state index contributed by atoms with van der Waals surface area (Å²) in [4.78, 5) is 13.1. The molecule has 4 heteroatoms. The van der Waals surface area contributed by atoms with E-state index >= 15 is 0 Å². The first kappa shape index (κ1) is 13.5. The summed E-state index contributed by atoms with van der Waals surface area (Å²) < 4.78 is 0. The van der Waals surface area contributed by atoms with Gasteiger partial charge in [-0.05, 0) is 37.3 Å². The quantitative estimate of drug-likeness (QED) is 0.662. The highest BCUT2D eigenvalue weighted by Gasteiger charge is 2.14. The molecule has 0 saturated carbocycles. The summed E-state index contributed by atoms with van der Waals surface area (Å²) in [5, 5.41) is 2.70. The summed E-state index contributed by atoms with van der Waals surface area (Å²) in [7, 11) is 0. The number of amides is 1. The Morgan fingerprint density at radius 1 is 1.16 bits per heavy atom. The van der Waals surface area contributed by atoms with Crippen molar-refractivity contribution in [2.24, 2.45) is 0 Å². The van der Waals surface area contributed by atoms with Crippen LogP contribution in [0.25, 0.3) is 0 Å². The van der Waals surface area contributed by atoms with E-state index in [-0.39, 0.29) is 11.2 Å². The van der Waals surface area contributed by atoms with E-state index in [1.54, 1.807) is 12.1 Å². The number of anilines is 2. The second kappa shape index (κ2) is 6.29. The molecule has 0 bridgehead atoms. The lowest BCUT2D eigenvalue weighted by Gasteiger charge is -2.12. The Morgan fingerprint density at radius 2 is 1.89 bits per heavy atom. The van der Waals surface area contributed by atoms with E-state index in [0.29, 0.717) is 5.69 Å². The Labute approximate surface area is 117 Å². The molecule has 0 aliphatic heterocycles. The maximum atomic E-state index is 12.1. The number of hydrogen-bond donors (Lipinski definition) is 2. The fraction of sp³-hybridized carbons (Fsp3) is 0.133. The molecule has 1 atom stereocenters. The minimum Gasteiger partial charge on any atom is -0.399 e. The molecule has 0 radical (unpaired) electrons. The second-order valence-electron chi connectivity index (χ2n) is 4.19. The molecule has 0 aliphatic rings. The van der Waals surface area contributed by atoms with E-state index in [1.165, 1.54) is 11.8 Å². The van der Waals surface area contributed by atoms with Crippen LogP contribution in [0.2, 0.25) is 0 Å². The van der Waals surface area contributed by atoms with Gasteiger partial charge in [-0.3, -0.25) is 4.79 Å². The number of benzene rings is 2. The fourth-order valence-electron chi connectivity index (χ4n) is 1.62. The predicted molar refractivity (Wildman–Crippen MR) is 81.2 cm³/mol. The molecule has 98 valence electrons. The first-order valence-electron chi connectivity index (χ1n) is 6.03. The van der Waals surface area contributed by atoms with Gasteiger partial charge in [0, 0.05) is 16.3 Å². The van der Waals surface area contributed by atoms with E-state index in [0.717, 1.165) is 10.6 Å². The predicted octanol–water partition coefficient (Wildman–Crippen LogP) is 3.39. The number of nitrogens with one attached hydrogen (secondary N) is 1. The van der Waals surface area contributed by atoms with Crippen LogP contribution in [0.5, 0.6) is 0 Å². The monoisotopic (exact) mass is 272 g/mol. The smallest absolute Gasteiger partial charge is 0.237 e. The number of nitrogen functional groups attached to an aromatic ring is 1. The highest BCUT2D eigenvalue weighted by atomic mass is 32.2. The number of hydrogen-bond acceptors (Lipinski definition) is 3. The van der Waals surface area contributed by atoms with Crippen molar-refractivity contribution >= 4 is 29.0 Å². The van der Waals surface area contributed by atoms with E-state index in [2.05, 4.69) is 5.32 Å². The number of carbonyl (C=O) groups excluding carboxylic acids is 1. The van der Waals surface area contributed by atoms with Crippen LogP contribution in [0.4, 0.5) is 11.4 Å². The molecule has 0 saturated heterocycles. The van der Waals surface area contributed by atoms with Crippen molar-refractivity contribution in [1.82, 2.24) is 0 Å². The van der Waals surface area contributed by atoms with Crippen LogP contribution >= 0.6 is 11.8 Å². The summed E-state index contributed by atoms with van der Waals surface area (Å²) in [5.41, 5.74) is 7.04. The van der Waals surface area contributed by atoms with E-state index < -0.39 is 0 Å². The van der Waals surface area contributed by atoms with Crippen molar-refractivity contribution in [3.63, 3.8) is 0 Å². The summed E-state index contributed by atoms with van der Waals surface area (Å²) in [6.45, 7) is 1.89. The molecule has 3 N–H and O–H groups in total. The van der Waals surface area contributed by atoms with Crippen LogP contribution < -0.4 is 11.1 Å². The molecule has 19 heavy (non-hydrogen) atoms. The van der Waals surface area contributed by atoms with Crippen LogP contribution in [0.15, 0.2) is 59.5 Å². The van der Waals surface area contributed by atoms with Gasteiger partial charge in [-0.1, -0.05) is 24.3 Å². The summed E-state index contributed by atoms with van der Waals surface area (Å²) in [6, 6.07) is 17.1. The Balaban J connectivity index is 1.96. The lowest BCUT2D eigenvalue weighted by atomic mass is 10.3. The van der Waals surface area contributed by atoms with Gasteiger partial charge in [-0.15, -0.1) is 11.8 Å². The van der Waals surface area contributed by atoms with Crippen LogP contribution in [0.3, 0.4) is 0 Å². The summed E-state index contributed by atoms with van der Waals surface area (Å²) >= 11 is 1.53. The third kappa shape index (κ3) is 4.03. The number of rotatable bonds is 4. The van der Waals surface area contributed by atoms with Gasteiger partial charge in [-0.2, -0.15) is 0 Å². The molecule has 1 unspecified atom stereocenters. The van der Waals surface area contributed by atoms with E-state index in [1.807, 2.05) is 49.4 Å². The van der Waals surface area contributed by atoms with Crippen LogP contribution in [0.1, 0.15) is 6.92 Å². The van der Waals surface area contributed by atoms with Gasteiger partial charge in [0.2, 0.25) is 5.91 Å². The lowest BCUT2D eigenvalue weighted by Crippen LogP contribution is -2.22. The van der Waals surface area contributed by atoms with Gasteiger partial charge in [0.25, 0.3) is 0 Å². The molecule has 2 aromatic carbocycles. The van der Waals surface area contributed by atoms with Crippen molar-refractivity contribution in [1.29, 1.82) is 0 Å². The third-order valence-electron chi connectivity index (χ3n) is 2.58. The van der Waals surface area contributed by atoms with Crippen molar-refractivity contribution < 1.29 is 4.79 Å². The molecule has 0 spiro atoms. The molecule has 0 fully saturated rings. The Hall–Kier alpha value is -1.94. The zero-order valence-corrected chi connectivity index (χ0v) is 11.5. The molecular formula is C15H16N2OS. The third-order valence-corrected chi connectivity index (χ3v) is 3.69. The first-order chi connectivity index (χ1) is 9.15. The molecule has 0 heterocycles.